The molecule has 2 rings (SSSR count). The summed E-state index contributed by atoms with van der Waals surface area (Å²) in [6.45, 7) is 4.79. The van der Waals surface area contributed by atoms with Crippen molar-refractivity contribution in [1.82, 2.24) is 15.6 Å². The second-order valence-electron chi connectivity index (χ2n) is 6.37. The molecular formula is C18H29FN4O. The minimum Gasteiger partial charge on any atom is -0.382 e. The van der Waals surface area contributed by atoms with Crippen LogP contribution in [0.15, 0.2) is 23.3 Å². The molecule has 24 heavy (non-hydrogen) atoms. The van der Waals surface area contributed by atoms with E-state index in [9.17, 15) is 4.39 Å². The van der Waals surface area contributed by atoms with Crippen LogP contribution in [0.5, 0.6) is 0 Å². The maximum atomic E-state index is 13.6. The van der Waals surface area contributed by atoms with Crippen LogP contribution in [0.3, 0.4) is 0 Å². The van der Waals surface area contributed by atoms with Gasteiger partial charge in [0.2, 0.25) is 0 Å². The molecule has 5 nitrogen and oxygen atoms in total. The van der Waals surface area contributed by atoms with Gasteiger partial charge in [-0.1, -0.05) is 12.8 Å². The summed E-state index contributed by atoms with van der Waals surface area (Å²) in [5.41, 5.74) is 0.677. The van der Waals surface area contributed by atoms with Crippen molar-refractivity contribution >= 4 is 5.96 Å². The molecule has 0 saturated heterocycles. The summed E-state index contributed by atoms with van der Waals surface area (Å²) in [4.78, 5) is 8.28. The van der Waals surface area contributed by atoms with Crippen LogP contribution in [-0.2, 0) is 11.3 Å². The molecule has 1 fully saturated rings. The van der Waals surface area contributed by atoms with Crippen molar-refractivity contribution in [3.8, 4) is 0 Å². The van der Waals surface area contributed by atoms with Crippen molar-refractivity contribution in [2.45, 2.75) is 45.6 Å². The predicted octanol–water partition coefficient (Wildman–Crippen LogP) is 2.87. The van der Waals surface area contributed by atoms with Gasteiger partial charge in [0.25, 0.3) is 0 Å². The van der Waals surface area contributed by atoms with Gasteiger partial charge in [0.05, 0.1) is 12.2 Å². The number of aromatic nitrogens is 1. The number of rotatable bonds is 8. The van der Waals surface area contributed by atoms with E-state index in [2.05, 4.69) is 20.6 Å². The Balaban J connectivity index is 1.84. The second-order valence-corrected chi connectivity index (χ2v) is 6.37. The van der Waals surface area contributed by atoms with Crippen LogP contribution in [-0.4, -0.2) is 37.7 Å². The number of pyridine rings is 1. The summed E-state index contributed by atoms with van der Waals surface area (Å²) in [6, 6.07) is 3.01. The highest BCUT2D eigenvalue weighted by Crippen LogP contribution is 2.40. The summed E-state index contributed by atoms with van der Waals surface area (Å²) in [6.07, 6.45) is 7.66. The zero-order valence-corrected chi connectivity index (χ0v) is 14.8. The molecule has 2 N–H and O–H groups in total. The molecule has 0 amide bonds. The van der Waals surface area contributed by atoms with Crippen molar-refractivity contribution in [2.24, 2.45) is 10.4 Å². The minimum absolute atomic E-state index is 0.281. The molecule has 0 radical (unpaired) electrons. The zero-order valence-electron chi connectivity index (χ0n) is 14.8. The normalized spacial score (nSPS) is 17.0. The molecule has 1 aromatic rings. The Morgan fingerprint density at radius 2 is 2.17 bits per heavy atom. The highest BCUT2D eigenvalue weighted by atomic mass is 19.1. The van der Waals surface area contributed by atoms with Crippen molar-refractivity contribution < 1.29 is 9.13 Å². The number of guanidine groups is 1. The first-order chi connectivity index (χ1) is 11.7. The van der Waals surface area contributed by atoms with Crippen LogP contribution >= 0.6 is 0 Å². The summed E-state index contributed by atoms with van der Waals surface area (Å²) in [7, 11) is 1.73. The molecule has 0 bridgehead atoms. The molecular weight excluding hydrogens is 307 g/mol. The van der Waals surface area contributed by atoms with E-state index >= 15 is 0 Å². The Morgan fingerprint density at radius 3 is 2.83 bits per heavy atom. The topological polar surface area (TPSA) is 58.5 Å². The van der Waals surface area contributed by atoms with Crippen LogP contribution in [0.2, 0.25) is 0 Å². The average Bonchev–Trinajstić information content (AvgIpc) is 3.06. The number of hydrogen-bond donors (Lipinski definition) is 2. The predicted molar refractivity (Wildman–Crippen MR) is 94.4 cm³/mol. The molecule has 0 unspecified atom stereocenters. The van der Waals surface area contributed by atoms with Gasteiger partial charge in [-0.15, -0.1) is 0 Å². The van der Waals surface area contributed by atoms with Crippen LogP contribution in [0.1, 0.15) is 44.7 Å². The Morgan fingerprint density at radius 1 is 1.38 bits per heavy atom. The Hall–Kier alpha value is -1.69. The van der Waals surface area contributed by atoms with Gasteiger partial charge in [0.1, 0.15) is 5.82 Å². The lowest BCUT2D eigenvalue weighted by Gasteiger charge is -2.30. The van der Waals surface area contributed by atoms with E-state index in [1.807, 2.05) is 6.92 Å². The van der Waals surface area contributed by atoms with Crippen LogP contribution in [0, 0.1) is 11.2 Å². The van der Waals surface area contributed by atoms with Crippen molar-refractivity contribution in [3.05, 3.63) is 29.8 Å². The Kier molecular flexibility index (Phi) is 7.43. The smallest absolute Gasteiger partial charge is 0.191 e. The molecule has 1 saturated carbocycles. The van der Waals surface area contributed by atoms with E-state index in [1.54, 1.807) is 19.3 Å². The average molecular weight is 336 g/mol. The maximum Gasteiger partial charge on any atom is 0.191 e. The van der Waals surface area contributed by atoms with Crippen molar-refractivity contribution in [2.75, 3.05) is 26.8 Å². The molecule has 0 aliphatic heterocycles. The van der Waals surface area contributed by atoms with Crippen LogP contribution in [0.25, 0.3) is 0 Å². The second kappa shape index (κ2) is 9.57. The first-order valence-corrected chi connectivity index (χ1v) is 8.81. The van der Waals surface area contributed by atoms with Crippen LogP contribution < -0.4 is 10.6 Å². The lowest BCUT2D eigenvalue weighted by Crippen LogP contribution is -2.43. The molecule has 0 spiro atoms. The fourth-order valence-corrected chi connectivity index (χ4v) is 3.28. The third kappa shape index (κ3) is 5.44. The van der Waals surface area contributed by atoms with Gasteiger partial charge >= 0.3 is 0 Å². The van der Waals surface area contributed by atoms with Crippen LogP contribution in [0.4, 0.5) is 4.39 Å². The van der Waals surface area contributed by atoms with Gasteiger partial charge in [-0.25, -0.2) is 4.39 Å². The first kappa shape index (κ1) is 18.6. The zero-order chi connectivity index (χ0) is 17.3. The molecule has 1 aliphatic rings. The molecule has 134 valence electrons. The molecule has 1 aliphatic carbocycles. The van der Waals surface area contributed by atoms with E-state index in [-0.39, 0.29) is 11.2 Å². The first-order valence-electron chi connectivity index (χ1n) is 8.81. The number of nitrogens with zero attached hydrogens (tertiary/aromatic N) is 2. The number of ether oxygens (including phenoxy) is 1. The highest BCUT2D eigenvalue weighted by Gasteiger charge is 2.33. The van der Waals surface area contributed by atoms with E-state index in [4.69, 9.17) is 4.74 Å². The Labute approximate surface area is 144 Å². The maximum absolute atomic E-state index is 13.6. The van der Waals surface area contributed by atoms with E-state index in [1.165, 1.54) is 31.7 Å². The fourth-order valence-electron chi connectivity index (χ4n) is 3.28. The quantitative estimate of drug-likeness (QED) is 0.435. The minimum atomic E-state index is -0.301. The molecule has 0 atom stereocenters. The van der Waals surface area contributed by atoms with Gasteiger partial charge in [-0.3, -0.25) is 9.98 Å². The lowest BCUT2D eigenvalue weighted by molar-refractivity contribution is 0.105. The number of aliphatic imine (C=N–C) groups is 1. The largest absolute Gasteiger partial charge is 0.382 e. The number of halogens is 1. The SMILES string of the molecule is CCOCCC1(CNC(=NC)NCc2ncccc2F)CCCC1. The lowest BCUT2D eigenvalue weighted by atomic mass is 9.83. The molecule has 0 aromatic carbocycles. The summed E-state index contributed by atoms with van der Waals surface area (Å²) >= 11 is 0. The molecule has 1 heterocycles. The van der Waals surface area contributed by atoms with Gasteiger partial charge in [-0.05, 0) is 43.7 Å². The fraction of sp³-hybridized carbons (Fsp3) is 0.667. The van der Waals surface area contributed by atoms with E-state index < -0.39 is 0 Å². The molecule has 6 heteroatoms. The monoisotopic (exact) mass is 336 g/mol. The third-order valence-corrected chi connectivity index (χ3v) is 4.76. The third-order valence-electron chi connectivity index (χ3n) is 4.76. The van der Waals surface area contributed by atoms with Gasteiger partial charge < -0.3 is 15.4 Å². The number of nitrogens with one attached hydrogen (secondary N) is 2. The van der Waals surface area contributed by atoms with Gasteiger partial charge in [0, 0.05) is 33.0 Å². The molecule has 1 aromatic heterocycles. The van der Waals surface area contributed by atoms with Crippen molar-refractivity contribution in [3.63, 3.8) is 0 Å². The van der Waals surface area contributed by atoms with Crippen molar-refractivity contribution in [1.29, 1.82) is 0 Å². The number of hydrogen-bond acceptors (Lipinski definition) is 3. The summed E-state index contributed by atoms with van der Waals surface area (Å²) in [5, 5.41) is 6.54. The highest BCUT2D eigenvalue weighted by molar-refractivity contribution is 5.79. The Bertz CT molecular complexity index is 530. The standard InChI is InChI=1S/C18H29FN4O/c1-3-24-12-10-18(8-4-5-9-18)14-23-17(20-2)22-13-16-15(19)7-6-11-21-16/h6-7,11H,3-5,8-10,12-14H2,1-2H3,(H2,20,22,23). The van der Waals surface area contributed by atoms with Gasteiger partial charge in [-0.2, -0.15) is 0 Å². The summed E-state index contributed by atoms with van der Waals surface area (Å²) < 4.78 is 19.2. The van der Waals surface area contributed by atoms with Gasteiger partial charge in [0.15, 0.2) is 5.96 Å². The van der Waals surface area contributed by atoms with E-state index in [0.29, 0.717) is 18.2 Å². The van der Waals surface area contributed by atoms with E-state index in [0.717, 1.165) is 26.2 Å². The summed E-state index contributed by atoms with van der Waals surface area (Å²) in [5.74, 6) is 0.382.